The summed E-state index contributed by atoms with van der Waals surface area (Å²) in [7, 11) is 0. The highest BCUT2D eigenvalue weighted by atomic mass is 35.5. The average Bonchev–Trinajstić information content (AvgIpc) is 2.35. The van der Waals surface area contributed by atoms with E-state index < -0.39 is 0 Å². The monoisotopic (exact) mass is 265 g/mol. The molecule has 1 aromatic rings. The fraction of sp³-hybridized carbons (Fsp3) is 0.286. The fourth-order valence-electron chi connectivity index (χ4n) is 1.46. The lowest BCUT2D eigenvalue weighted by molar-refractivity contribution is -0.123. The first-order chi connectivity index (χ1) is 8.56. The molecular formula is C14H16ClNO2. The predicted octanol–water partition coefficient (Wildman–Crippen LogP) is 2.86. The molecule has 0 saturated carbocycles. The van der Waals surface area contributed by atoms with Gasteiger partial charge in [0, 0.05) is 24.1 Å². The summed E-state index contributed by atoms with van der Waals surface area (Å²) in [5, 5.41) is 0. The maximum Gasteiger partial charge on any atom is 0.260 e. The molecule has 2 amide bonds. The Hall–Kier alpha value is -1.61. The molecule has 0 aliphatic carbocycles. The van der Waals surface area contributed by atoms with E-state index in [2.05, 4.69) is 0 Å². The van der Waals surface area contributed by atoms with Gasteiger partial charge in [-0.05, 0) is 26.0 Å². The Morgan fingerprint density at radius 3 is 2.33 bits per heavy atom. The minimum atomic E-state index is -0.329. The van der Waals surface area contributed by atoms with Crippen molar-refractivity contribution in [2.75, 3.05) is 12.4 Å². The summed E-state index contributed by atoms with van der Waals surface area (Å²) in [6.07, 6.45) is 1.44. The standard InChI is InChI=1S/C14H16ClNO2/c1-11(2)10-13(17)16(9-8-15)14(18)12-6-4-3-5-7-12/h3-7,10H,8-9H2,1-2H3. The van der Waals surface area contributed by atoms with Gasteiger partial charge in [-0.3, -0.25) is 14.5 Å². The number of alkyl halides is 1. The highest BCUT2D eigenvalue weighted by molar-refractivity contribution is 6.18. The van der Waals surface area contributed by atoms with Gasteiger partial charge in [0.05, 0.1) is 0 Å². The maximum absolute atomic E-state index is 12.2. The smallest absolute Gasteiger partial charge is 0.260 e. The van der Waals surface area contributed by atoms with Crippen molar-refractivity contribution < 1.29 is 9.59 Å². The Labute approximate surface area is 112 Å². The molecular weight excluding hydrogens is 250 g/mol. The van der Waals surface area contributed by atoms with Gasteiger partial charge in [0.1, 0.15) is 0 Å². The number of carbonyl (C=O) groups is 2. The Morgan fingerprint density at radius 1 is 1.22 bits per heavy atom. The quantitative estimate of drug-likeness (QED) is 0.620. The lowest BCUT2D eigenvalue weighted by atomic mass is 10.2. The predicted molar refractivity (Wildman–Crippen MR) is 72.6 cm³/mol. The topological polar surface area (TPSA) is 37.4 Å². The number of amides is 2. The minimum absolute atomic E-state index is 0.206. The van der Waals surface area contributed by atoms with Crippen LogP contribution in [0.1, 0.15) is 24.2 Å². The van der Waals surface area contributed by atoms with Gasteiger partial charge in [-0.15, -0.1) is 11.6 Å². The van der Waals surface area contributed by atoms with E-state index in [0.717, 1.165) is 10.5 Å². The number of benzene rings is 1. The summed E-state index contributed by atoms with van der Waals surface area (Å²) in [6.45, 7) is 3.82. The van der Waals surface area contributed by atoms with Crippen LogP contribution in [0.2, 0.25) is 0 Å². The Morgan fingerprint density at radius 2 is 1.83 bits per heavy atom. The van der Waals surface area contributed by atoms with Gasteiger partial charge < -0.3 is 0 Å². The highest BCUT2D eigenvalue weighted by Crippen LogP contribution is 2.07. The molecule has 0 fully saturated rings. The molecule has 18 heavy (non-hydrogen) atoms. The van der Waals surface area contributed by atoms with E-state index in [1.807, 2.05) is 19.9 Å². The zero-order valence-electron chi connectivity index (χ0n) is 10.5. The van der Waals surface area contributed by atoms with Crippen LogP contribution in [0, 0.1) is 0 Å². The molecule has 0 bridgehead atoms. The van der Waals surface area contributed by atoms with Gasteiger partial charge >= 0.3 is 0 Å². The molecule has 1 rings (SSSR count). The van der Waals surface area contributed by atoms with Gasteiger partial charge in [-0.1, -0.05) is 23.8 Å². The molecule has 0 aromatic heterocycles. The van der Waals surface area contributed by atoms with Crippen molar-refractivity contribution in [3.8, 4) is 0 Å². The summed E-state index contributed by atoms with van der Waals surface area (Å²) in [5.41, 5.74) is 1.33. The lowest BCUT2D eigenvalue weighted by Gasteiger charge is -2.18. The first kappa shape index (κ1) is 14.5. The average molecular weight is 266 g/mol. The highest BCUT2D eigenvalue weighted by Gasteiger charge is 2.20. The summed E-state index contributed by atoms with van der Waals surface area (Å²) in [4.78, 5) is 25.3. The second-order valence-electron chi connectivity index (χ2n) is 4.07. The van der Waals surface area contributed by atoms with Gasteiger partial charge in [0.15, 0.2) is 0 Å². The normalized spacial score (nSPS) is 9.72. The van der Waals surface area contributed by atoms with Crippen LogP contribution in [0.25, 0.3) is 0 Å². The molecule has 0 spiro atoms. The van der Waals surface area contributed by atoms with Crippen molar-refractivity contribution in [2.45, 2.75) is 13.8 Å². The SMILES string of the molecule is CC(C)=CC(=O)N(CCCl)C(=O)c1ccccc1. The number of halogens is 1. The van der Waals surface area contributed by atoms with Gasteiger partial charge in [-0.2, -0.15) is 0 Å². The van der Waals surface area contributed by atoms with Crippen molar-refractivity contribution in [1.82, 2.24) is 4.90 Å². The molecule has 0 radical (unpaired) electrons. The molecule has 0 heterocycles. The summed E-state index contributed by atoms with van der Waals surface area (Å²) < 4.78 is 0. The molecule has 4 heteroatoms. The Balaban J connectivity index is 2.95. The zero-order chi connectivity index (χ0) is 13.5. The van der Waals surface area contributed by atoms with Crippen molar-refractivity contribution in [1.29, 1.82) is 0 Å². The first-order valence-electron chi connectivity index (χ1n) is 5.68. The minimum Gasteiger partial charge on any atom is -0.274 e. The number of hydrogen-bond acceptors (Lipinski definition) is 2. The summed E-state index contributed by atoms with van der Waals surface area (Å²) >= 11 is 5.64. The van der Waals surface area contributed by atoms with Crippen molar-refractivity contribution in [3.63, 3.8) is 0 Å². The van der Waals surface area contributed by atoms with E-state index in [-0.39, 0.29) is 24.2 Å². The summed E-state index contributed by atoms with van der Waals surface area (Å²) in [6, 6.07) is 8.70. The van der Waals surface area contributed by atoms with Crippen LogP contribution in [0.15, 0.2) is 42.0 Å². The molecule has 0 aliphatic rings. The number of imide groups is 1. The van der Waals surface area contributed by atoms with Crippen LogP contribution in [0.5, 0.6) is 0 Å². The number of allylic oxidation sites excluding steroid dienone is 1. The van der Waals surface area contributed by atoms with E-state index in [1.165, 1.54) is 6.08 Å². The van der Waals surface area contributed by atoms with Crippen molar-refractivity contribution in [2.24, 2.45) is 0 Å². The first-order valence-corrected chi connectivity index (χ1v) is 6.21. The van der Waals surface area contributed by atoms with Crippen LogP contribution in [-0.4, -0.2) is 29.1 Å². The summed E-state index contributed by atoms with van der Waals surface area (Å²) in [5.74, 6) is -0.427. The van der Waals surface area contributed by atoms with Gasteiger partial charge in [-0.25, -0.2) is 0 Å². The second kappa shape index (κ2) is 6.97. The van der Waals surface area contributed by atoms with Crippen LogP contribution >= 0.6 is 11.6 Å². The molecule has 96 valence electrons. The Kier molecular flexibility index (Phi) is 5.59. The number of hydrogen-bond donors (Lipinski definition) is 0. The van der Waals surface area contributed by atoms with Crippen molar-refractivity contribution in [3.05, 3.63) is 47.5 Å². The van der Waals surface area contributed by atoms with Crippen LogP contribution in [0.3, 0.4) is 0 Å². The van der Waals surface area contributed by atoms with E-state index >= 15 is 0 Å². The fourth-order valence-corrected chi connectivity index (χ4v) is 1.63. The molecule has 0 N–H and O–H groups in total. The molecule has 0 saturated heterocycles. The van der Waals surface area contributed by atoms with E-state index in [0.29, 0.717) is 5.56 Å². The van der Waals surface area contributed by atoms with Gasteiger partial charge in [0.2, 0.25) is 0 Å². The zero-order valence-corrected chi connectivity index (χ0v) is 11.3. The molecule has 0 unspecified atom stereocenters. The molecule has 3 nitrogen and oxygen atoms in total. The number of carbonyl (C=O) groups excluding carboxylic acids is 2. The Bertz CT molecular complexity index is 450. The molecule has 0 aliphatic heterocycles. The third-order valence-corrected chi connectivity index (χ3v) is 2.42. The van der Waals surface area contributed by atoms with Crippen molar-refractivity contribution >= 4 is 23.4 Å². The molecule has 0 atom stereocenters. The third-order valence-electron chi connectivity index (χ3n) is 2.25. The lowest BCUT2D eigenvalue weighted by Crippen LogP contribution is -2.37. The molecule has 1 aromatic carbocycles. The largest absolute Gasteiger partial charge is 0.274 e. The number of nitrogens with zero attached hydrogens (tertiary/aromatic N) is 1. The van der Waals surface area contributed by atoms with E-state index in [9.17, 15) is 9.59 Å². The third kappa shape index (κ3) is 4.00. The number of rotatable bonds is 4. The van der Waals surface area contributed by atoms with E-state index in [4.69, 9.17) is 11.6 Å². The van der Waals surface area contributed by atoms with Crippen LogP contribution in [-0.2, 0) is 4.79 Å². The van der Waals surface area contributed by atoms with Gasteiger partial charge in [0.25, 0.3) is 11.8 Å². The van der Waals surface area contributed by atoms with Crippen LogP contribution < -0.4 is 0 Å². The second-order valence-corrected chi connectivity index (χ2v) is 4.45. The van der Waals surface area contributed by atoms with E-state index in [1.54, 1.807) is 24.3 Å². The van der Waals surface area contributed by atoms with Crippen LogP contribution in [0.4, 0.5) is 0 Å². The maximum atomic E-state index is 12.2.